The third-order valence-electron chi connectivity index (χ3n) is 3.01. The van der Waals surface area contributed by atoms with Crippen LogP contribution in [0.4, 0.5) is 8.78 Å². The highest BCUT2D eigenvalue weighted by Crippen LogP contribution is 2.29. The maximum Gasteiger partial charge on any atom is 0.149 e. The first-order valence-electron chi connectivity index (χ1n) is 5.47. The molecule has 0 radical (unpaired) electrons. The highest BCUT2D eigenvalue weighted by molar-refractivity contribution is 6.30. The Morgan fingerprint density at radius 1 is 1.39 bits per heavy atom. The molecule has 0 spiro atoms. The van der Waals surface area contributed by atoms with Crippen molar-refractivity contribution in [2.75, 3.05) is 0 Å². The lowest BCUT2D eigenvalue weighted by atomic mass is 9.91. The number of halogens is 4. The summed E-state index contributed by atoms with van der Waals surface area (Å²) in [7, 11) is 0. The van der Waals surface area contributed by atoms with Crippen LogP contribution in [0, 0.1) is 17.6 Å². The summed E-state index contributed by atoms with van der Waals surface area (Å²) >= 11 is 5.57. The summed E-state index contributed by atoms with van der Waals surface area (Å²) in [6.07, 6.45) is -0.346. The van der Waals surface area contributed by atoms with Crippen LogP contribution < -0.4 is 5.73 Å². The number of rotatable bonds is 4. The zero-order valence-corrected chi connectivity index (χ0v) is 11.7. The van der Waals surface area contributed by atoms with Crippen LogP contribution in [0.15, 0.2) is 12.1 Å². The number of benzene rings is 1. The Hall–Kier alpha value is -0.420. The van der Waals surface area contributed by atoms with Gasteiger partial charge in [-0.2, -0.15) is 0 Å². The molecule has 0 aliphatic rings. The van der Waals surface area contributed by atoms with E-state index in [1.807, 2.05) is 6.92 Å². The van der Waals surface area contributed by atoms with Crippen LogP contribution in [0.5, 0.6) is 0 Å². The van der Waals surface area contributed by atoms with Crippen molar-refractivity contribution in [3.8, 4) is 0 Å². The number of hydrogen-bond donors (Lipinski definition) is 2. The predicted octanol–water partition coefficient (Wildman–Crippen LogP) is 3.45. The van der Waals surface area contributed by atoms with E-state index in [1.165, 1.54) is 0 Å². The van der Waals surface area contributed by atoms with E-state index in [-0.39, 0.29) is 28.9 Å². The normalized spacial score (nSPS) is 15.7. The summed E-state index contributed by atoms with van der Waals surface area (Å²) in [5.74, 6) is -1.84. The third kappa shape index (κ3) is 3.54. The Kier molecular flexibility index (Phi) is 7.07. The molecular formula is C12H17Cl2F2NO. The van der Waals surface area contributed by atoms with Crippen molar-refractivity contribution >= 4 is 24.0 Å². The Labute approximate surface area is 117 Å². The molecule has 0 amide bonds. The molecule has 1 unspecified atom stereocenters. The van der Waals surface area contributed by atoms with Gasteiger partial charge in [-0.05, 0) is 18.1 Å². The van der Waals surface area contributed by atoms with Crippen LogP contribution in [-0.4, -0.2) is 11.2 Å². The highest BCUT2D eigenvalue weighted by Gasteiger charge is 2.27. The SMILES string of the molecule is CCC(C)[C@H](O)[C@H](N)c1c(F)ccc(Cl)c1F.Cl. The van der Waals surface area contributed by atoms with Crippen LogP contribution in [0.1, 0.15) is 31.9 Å². The molecule has 0 heterocycles. The van der Waals surface area contributed by atoms with Gasteiger partial charge in [0.05, 0.1) is 17.2 Å². The molecule has 3 atom stereocenters. The van der Waals surface area contributed by atoms with Gasteiger partial charge in [0.15, 0.2) is 0 Å². The monoisotopic (exact) mass is 299 g/mol. The van der Waals surface area contributed by atoms with Gasteiger partial charge in [-0.15, -0.1) is 12.4 Å². The van der Waals surface area contributed by atoms with Gasteiger partial charge < -0.3 is 10.8 Å². The molecule has 6 heteroatoms. The molecule has 1 aromatic carbocycles. The molecule has 1 aromatic rings. The molecule has 104 valence electrons. The van der Waals surface area contributed by atoms with E-state index in [0.717, 1.165) is 12.1 Å². The van der Waals surface area contributed by atoms with Crippen molar-refractivity contribution in [3.05, 3.63) is 34.4 Å². The summed E-state index contributed by atoms with van der Waals surface area (Å²) in [5, 5.41) is 9.68. The number of aliphatic hydroxyl groups excluding tert-OH is 1. The zero-order valence-electron chi connectivity index (χ0n) is 10.2. The average molecular weight is 300 g/mol. The van der Waals surface area contributed by atoms with E-state index in [9.17, 15) is 13.9 Å². The minimum absolute atomic E-state index is 0. The lowest BCUT2D eigenvalue weighted by Gasteiger charge is -2.25. The van der Waals surface area contributed by atoms with Crippen molar-refractivity contribution in [2.45, 2.75) is 32.4 Å². The lowest BCUT2D eigenvalue weighted by Crippen LogP contribution is -2.33. The van der Waals surface area contributed by atoms with E-state index < -0.39 is 23.8 Å². The van der Waals surface area contributed by atoms with E-state index in [0.29, 0.717) is 6.42 Å². The molecule has 0 fully saturated rings. The quantitative estimate of drug-likeness (QED) is 0.837. The molecule has 0 saturated carbocycles. The van der Waals surface area contributed by atoms with Crippen molar-refractivity contribution in [1.82, 2.24) is 0 Å². The maximum atomic E-state index is 13.7. The van der Waals surface area contributed by atoms with Gasteiger partial charge in [0.1, 0.15) is 11.6 Å². The number of aliphatic hydroxyl groups is 1. The second kappa shape index (κ2) is 7.24. The van der Waals surface area contributed by atoms with Crippen molar-refractivity contribution in [1.29, 1.82) is 0 Å². The molecule has 18 heavy (non-hydrogen) atoms. The van der Waals surface area contributed by atoms with Gasteiger partial charge in [0, 0.05) is 5.56 Å². The highest BCUT2D eigenvalue weighted by atomic mass is 35.5. The molecule has 1 rings (SSSR count). The summed E-state index contributed by atoms with van der Waals surface area (Å²) in [4.78, 5) is 0. The van der Waals surface area contributed by atoms with Gasteiger partial charge in [0.2, 0.25) is 0 Å². The number of nitrogens with two attached hydrogens (primary N) is 1. The van der Waals surface area contributed by atoms with E-state index >= 15 is 0 Å². The zero-order chi connectivity index (χ0) is 13.2. The van der Waals surface area contributed by atoms with Gasteiger partial charge in [0.25, 0.3) is 0 Å². The molecule has 2 nitrogen and oxygen atoms in total. The second-order valence-electron chi connectivity index (χ2n) is 4.16. The minimum atomic E-state index is -1.12. The van der Waals surface area contributed by atoms with Crippen LogP contribution in [0.25, 0.3) is 0 Å². The van der Waals surface area contributed by atoms with Crippen LogP contribution in [0.2, 0.25) is 5.02 Å². The summed E-state index contributed by atoms with van der Waals surface area (Å²) in [6, 6.07) is 1.05. The third-order valence-corrected chi connectivity index (χ3v) is 3.30. The molecular weight excluding hydrogens is 283 g/mol. The smallest absolute Gasteiger partial charge is 0.149 e. The molecule has 0 aromatic heterocycles. The standard InChI is InChI=1S/C12H16ClF2NO.ClH/c1-3-6(2)12(17)11(16)9-8(14)5-4-7(13)10(9)15;/h4-6,11-12,17H,3,16H2,1-2H3;1H/t6?,11-,12+;/m1./s1. The van der Waals surface area contributed by atoms with Crippen LogP contribution in [0.3, 0.4) is 0 Å². The fourth-order valence-electron chi connectivity index (χ4n) is 1.61. The Morgan fingerprint density at radius 3 is 2.44 bits per heavy atom. The Bertz CT molecular complexity index is 404. The van der Waals surface area contributed by atoms with Crippen molar-refractivity contribution in [3.63, 3.8) is 0 Å². The van der Waals surface area contributed by atoms with E-state index in [4.69, 9.17) is 17.3 Å². The first kappa shape index (κ1) is 17.6. The molecule has 0 saturated heterocycles. The molecule has 0 aliphatic heterocycles. The Morgan fingerprint density at radius 2 is 1.94 bits per heavy atom. The minimum Gasteiger partial charge on any atom is -0.391 e. The van der Waals surface area contributed by atoms with Crippen molar-refractivity contribution < 1.29 is 13.9 Å². The fraction of sp³-hybridized carbons (Fsp3) is 0.500. The molecule has 0 bridgehead atoms. The topological polar surface area (TPSA) is 46.2 Å². The predicted molar refractivity (Wildman–Crippen MR) is 71.0 cm³/mol. The fourth-order valence-corrected chi connectivity index (χ4v) is 1.78. The first-order chi connectivity index (χ1) is 7.90. The van der Waals surface area contributed by atoms with E-state index in [2.05, 4.69) is 0 Å². The maximum absolute atomic E-state index is 13.7. The summed E-state index contributed by atoms with van der Waals surface area (Å²) in [5.41, 5.74) is 5.34. The Balaban J connectivity index is 0.00000289. The lowest BCUT2D eigenvalue weighted by molar-refractivity contribution is 0.0854. The van der Waals surface area contributed by atoms with Crippen LogP contribution >= 0.6 is 24.0 Å². The van der Waals surface area contributed by atoms with E-state index in [1.54, 1.807) is 6.92 Å². The average Bonchev–Trinajstić information content (AvgIpc) is 2.32. The number of hydrogen-bond acceptors (Lipinski definition) is 2. The van der Waals surface area contributed by atoms with Gasteiger partial charge in [-0.25, -0.2) is 8.78 Å². The van der Waals surface area contributed by atoms with Crippen molar-refractivity contribution in [2.24, 2.45) is 11.7 Å². The van der Waals surface area contributed by atoms with Gasteiger partial charge in [-0.1, -0.05) is 31.9 Å². The second-order valence-corrected chi connectivity index (χ2v) is 4.57. The van der Waals surface area contributed by atoms with Gasteiger partial charge in [-0.3, -0.25) is 0 Å². The summed E-state index contributed by atoms with van der Waals surface area (Å²) < 4.78 is 27.2. The summed E-state index contributed by atoms with van der Waals surface area (Å²) in [6.45, 7) is 3.64. The molecule has 3 N–H and O–H groups in total. The molecule has 0 aliphatic carbocycles. The largest absolute Gasteiger partial charge is 0.391 e. The van der Waals surface area contributed by atoms with Crippen LogP contribution in [-0.2, 0) is 0 Å². The van der Waals surface area contributed by atoms with Gasteiger partial charge >= 0.3 is 0 Å². The first-order valence-corrected chi connectivity index (χ1v) is 5.85.